The van der Waals surface area contributed by atoms with Crippen LogP contribution in [0.15, 0.2) is 63.2 Å². The van der Waals surface area contributed by atoms with Crippen LogP contribution in [-0.2, 0) is 24.4 Å². The molecule has 1 saturated heterocycles. The van der Waals surface area contributed by atoms with Crippen molar-refractivity contribution in [2.45, 2.75) is 27.5 Å². The molecule has 2 aliphatic carbocycles. The first-order valence-corrected chi connectivity index (χ1v) is 16.2. The highest BCUT2D eigenvalue weighted by atomic mass is 32.2. The summed E-state index contributed by atoms with van der Waals surface area (Å²) in [7, 11) is -3.88. The van der Waals surface area contributed by atoms with Crippen molar-refractivity contribution in [2.24, 2.45) is 34.7 Å². The van der Waals surface area contributed by atoms with Crippen LogP contribution in [0.4, 0.5) is 5.69 Å². The predicted molar refractivity (Wildman–Crippen MR) is 150 cm³/mol. The highest BCUT2D eigenvalue weighted by Crippen LogP contribution is 2.68. The lowest BCUT2D eigenvalue weighted by Crippen LogP contribution is -2.42. The summed E-state index contributed by atoms with van der Waals surface area (Å²) in [5, 5.41) is 18.4. The summed E-state index contributed by atoms with van der Waals surface area (Å²) in [4.78, 5) is 57.1. The Morgan fingerprint density at radius 1 is 1.02 bits per heavy atom. The normalized spacial score (nSPS) is 29.8. The molecule has 4 aliphatic rings. The molecule has 7 rings (SSSR count). The number of rotatable bonds is 5. The minimum atomic E-state index is -3.88. The molecule has 3 amide bonds. The van der Waals surface area contributed by atoms with Crippen LogP contribution in [0.25, 0.3) is 0 Å². The van der Waals surface area contributed by atoms with E-state index in [1.54, 1.807) is 23.9 Å². The Morgan fingerprint density at radius 2 is 1.68 bits per heavy atom. The number of carbonyl (C=O) groups is 3. The van der Waals surface area contributed by atoms with Crippen molar-refractivity contribution < 1.29 is 27.9 Å². The second kappa shape index (κ2) is 9.28. The third kappa shape index (κ3) is 4.15. The molecule has 3 aromatic rings. The van der Waals surface area contributed by atoms with Crippen LogP contribution in [-0.4, -0.2) is 52.9 Å². The van der Waals surface area contributed by atoms with Crippen LogP contribution < -0.4 is 15.3 Å². The van der Waals surface area contributed by atoms with E-state index < -0.39 is 34.3 Å². The SMILES string of the molecule is NS(=O)(=O)c1ccc(NC(=O)CN2C(=O)C3C4CC(C3C2=O)C2C(c3ccc(O)cc3)c3sc(=O)[nH]c3SC42)cc1. The van der Waals surface area contributed by atoms with Crippen molar-refractivity contribution in [2.75, 3.05) is 11.9 Å². The molecule has 41 heavy (non-hydrogen) atoms. The lowest BCUT2D eigenvalue weighted by Gasteiger charge is -2.43. The Kier molecular flexibility index (Phi) is 5.98. The van der Waals surface area contributed by atoms with Gasteiger partial charge in [0.25, 0.3) is 0 Å². The largest absolute Gasteiger partial charge is 0.508 e. The number of imide groups is 1. The zero-order valence-electron chi connectivity index (χ0n) is 21.2. The summed E-state index contributed by atoms with van der Waals surface area (Å²) < 4.78 is 23.0. The van der Waals surface area contributed by atoms with Crippen molar-refractivity contribution in [1.82, 2.24) is 9.88 Å². The lowest BCUT2D eigenvalue weighted by atomic mass is 9.68. The van der Waals surface area contributed by atoms with E-state index in [4.69, 9.17) is 5.14 Å². The monoisotopic (exact) mass is 612 g/mol. The van der Waals surface area contributed by atoms with Crippen LogP contribution >= 0.6 is 23.1 Å². The Balaban J connectivity index is 1.14. The van der Waals surface area contributed by atoms with E-state index >= 15 is 0 Å². The Hall–Kier alpha value is -3.46. The first kappa shape index (κ1) is 26.4. The predicted octanol–water partition coefficient (Wildman–Crippen LogP) is 1.90. The molecule has 0 spiro atoms. The minimum Gasteiger partial charge on any atom is -0.508 e. The summed E-state index contributed by atoms with van der Waals surface area (Å²) in [6, 6.07) is 12.2. The Bertz CT molecular complexity index is 1770. The molecule has 14 heteroatoms. The third-order valence-electron chi connectivity index (χ3n) is 8.84. The highest BCUT2D eigenvalue weighted by molar-refractivity contribution is 8.00. The number of thioether (sulfide) groups is 1. The average Bonchev–Trinajstić information content (AvgIpc) is 3.65. The molecule has 7 unspecified atom stereocenters. The van der Waals surface area contributed by atoms with Crippen LogP contribution in [0.3, 0.4) is 0 Å². The van der Waals surface area contributed by atoms with Crippen LogP contribution in [0, 0.1) is 29.6 Å². The number of likely N-dealkylation sites (tertiary alicyclic amines) is 1. The summed E-state index contributed by atoms with van der Waals surface area (Å²) in [5.74, 6) is -2.51. The maximum Gasteiger partial charge on any atom is 0.305 e. The van der Waals surface area contributed by atoms with Gasteiger partial charge in [-0.3, -0.25) is 24.1 Å². The van der Waals surface area contributed by atoms with Crippen LogP contribution in [0.2, 0.25) is 0 Å². The fraction of sp³-hybridized carbons (Fsp3) is 0.333. The van der Waals surface area contributed by atoms with Crippen molar-refractivity contribution in [3.63, 3.8) is 0 Å². The smallest absolute Gasteiger partial charge is 0.305 e. The van der Waals surface area contributed by atoms with Gasteiger partial charge in [0.15, 0.2) is 0 Å². The molecule has 212 valence electrons. The molecule has 3 fully saturated rings. The number of amides is 3. The number of thiazole rings is 1. The fourth-order valence-corrected chi connectivity index (χ4v) is 10.8. The number of benzene rings is 2. The first-order valence-electron chi connectivity index (χ1n) is 13.0. The number of H-pyrrole nitrogens is 1. The zero-order chi connectivity index (χ0) is 28.8. The second-order valence-electron chi connectivity index (χ2n) is 10.9. The van der Waals surface area contributed by atoms with E-state index in [2.05, 4.69) is 10.3 Å². The van der Waals surface area contributed by atoms with Crippen LogP contribution in [0.1, 0.15) is 22.8 Å². The lowest BCUT2D eigenvalue weighted by molar-refractivity contribution is -0.143. The topological polar surface area (TPSA) is 180 Å². The number of aromatic nitrogens is 1. The van der Waals surface area contributed by atoms with Crippen molar-refractivity contribution in [1.29, 1.82) is 0 Å². The third-order valence-corrected chi connectivity index (χ3v) is 12.4. The van der Waals surface area contributed by atoms with Crippen molar-refractivity contribution >= 4 is 56.5 Å². The number of hydrogen-bond donors (Lipinski definition) is 4. The van der Waals surface area contributed by atoms with E-state index in [1.807, 2.05) is 12.1 Å². The van der Waals surface area contributed by atoms with Gasteiger partial charge in [-0.2, -0.15) is 0 Å². The minimum absolute atomic E-state index is 0.0117. The molecule has 3 heterocycles. The van der Waals surface area contributed by atoms with Gasteiger partial charge in [-0.15, -0.1) is 11.8 Å². The maximum atomic E-state index is 13.7. The summed E-state index contributed by atoms with van der Waals surface area (Å²) in [5.41, 5.74) is 1.25. The van der Waals surface area contributed by atoms with Crippen molar-refractivity contribution in [3.05, 3.63) is 68.6 Å². The summed E-state index contributed by atoms with van der Waals surface area (Å²) >= 11 is 2.74. The summed E-state index contributed by atoms with van der Waals surface area (Å²) in [6.07, 6.45) is 0.722. The molecule has 2 aromatic carbocycles. The number of carbonyl (C=O) groups excluding carboxylic acids is 3. The van der Waals surface area contributed by atoms with Gasteiger partial charge in [0, 0.05) is 21.7 Å². The molecule has 0 radical (unpaired) electrons. The van der Waals surface area contributed by atoms with Gasteiger partial charge in [0.1, 0.15) is 12.3 Å². The number of aromatic amines is 1. The van der Waals surface area contributed by atoms with Gasteiger partial charge < -0.3 is 15.4 Å². The standard InChI is InChI=1S/C27H24N4O7S3/c28-41(37,38)14-7-3-12(4-8-14)29-17(33)10-31-25(34)20-15-9-16(21(20)26(31)35)22-19(15)18(11-1-5-13(32)6-2-11)23-24(39-22)30-27(36)40-23/h1-8,15-16,18-22,32H,9-10H2,(H,29,33)(H,30,36)(H2,28,37,38). The zero-order valence-corrected chi connectivity index (χ0v) is 23.7. The van der Waals surface area contributed by atoms with Gasteiger partial charge in [-0.05, 0) is 66.1 Å². The number of primary sulfonamides is 1. The maximum absolute atomic E-state index is 13.7. The summed E-state index contributed by atoms with van der Waals surface area (Å²) in [6.45, 7) is -0.439. The molecule has 7 atom stereocenters. The number of sulfonamides is 1. The van der Waals surface area contributed by atoms with Crippen LogP contribution in [0.5, 0.6) is 5.75 Å². The van der Waals surface area contributed by atoms with Gasteiger partial charge in [0.2, 0.25) is 27.7 Å². The molecular formula is C27H24N4O7S3. The number of fused-ring (bicyclic) bond motifs is 9. The van der Waals surface area contributed by atoms with Gasteiger partial charge in [0.05, 0.1) is 21.8 Å². The first-order chi connectivity index (χ1) is 19.5. The number of hydrogen-bond acceptors (Lipinski definition) is 9. The number of phenols is 1. The van der Waals surface area contributed by atoms with E-state index in [1.165, 1.54) is 24.3 Å². The molecule has 11 nitrogen and oxygen atoms in total. The van der Waals surface area contributed by atoms with E-state index in [0.29, 0.717) is 5.69 Å². The molecule has 2 saturated carbocycles. The number of nitrogens with one attached hydrogen (secondary N) is 2. The number of aromatic hydroxyl groups is 1. The fourth-order valence-electron chi connectivity index (χ4n) is 7.36. The number of nitrogens with zero attached hydrogens (tertiary/aromatic N) is 1. The van der Waals surface area contributed by atoms with E-state index in [-0.39, 0.29) is 56.3 Å². The quantitative estimate of drug-likeness (QED) is 0.315. The highest BCUT2D eigenvalue weighted by Gasteiger charge is 2.69. The number of anilines is 1. The van der Waals surface area contributed by atoms with Crippen molar-refractivity contribution in [3.8, 4) is 5.75 Å². The number of nitrogens with two attached hydrogens (primary N) is 1. The molecule has 1 aromatic heterocycles. The van der Waals surface area contributed by atoms with E-state index in [0.717, 1.165) is 38.1 Å². The van der Waals surface area contributed by atoms with Gasteiger partial charge in [-0.25, -0.2) is 13.6 Å². The second-order valence-corrected chi connectivity index (χ2v) is 14.7. The molecule has 5 N–H and O–H groups in total. The Morgan fingerprint density at radius 3 is 2.34 bits per heavy atom. The molecule has 2 bridgehead atoms. The Labute approximate surface area is 242 Å². The average molecular weight is 613 g/mol. The molecular weight excluding hydrogens is 589 g/mol. The van der Waals surface area contributed by atoms with E-state index in [9.17, 15) is 32.7 Å². The van der Waals surface area contributed by atoms with Gasteiger partial charge in [-0.1, -0.05) is 23.5 Å². The van der Waals surface area contributed by atoms with Gasteiger partial charge >= 0.3 is 4.87 Å². The molecule has 2 aliphatic heterocycles. The number of phenolic OH excluding ortho intramolecular Hbond substituents is 1.